The Balaban J connectivity index is 1.63. The Labute approximate surface area is 162 Å². The largest absolute Gasteiger partial charge is 0.492 e. The van der Waals surface area contributed by atoms with Crippen LogP contribution in [0.5, 0.6) is 5.75 Å². The Hall–Kier alpha value is -3.61. The van der Waals surface area contributed by atoms with Crippen LogP contribution in [0.2, 0.25) is 0 Å². The van der Waals surface area contributed by atoms with Crippen LogP contribution in [-0.2, 0) is 25.6 Å². The second-order valence-corrected chi connectivity index (χ2v) is 5.90. The molecule has 0 aliphatic heterocycles. The summed E-state index contributed by atoms with van der Waals surface area (Å²) in [4.78, 5) is 27.5. The number of carbonyl (C=O) groups excluding carboxylic acids is 2. The first-order valence-electron chi connectivity index (χ1n) is 8.62. The third kappa shape index (κ3) is 4.37. The van der Waals surface area contributed by atoms with Gasteiger partial charge in [-0.2, -0.15) is 0 Å². The molecule has 0 fully saturated rings. The lowest BCUT2D eigenvalue weighted by Crippen LogP contribution is -2.15. The minimum absolute atomic E-state index is 0.173. The number of esters is 2. The van der Waals surface area contributed by atoms with Crippen molar-refractivity contribution in [2.75, 3.05) is 20.8 Å². The molecule has 3 aromatic rings. The molecule has 0 aliphatic rings. The van der Waals surface area contributed by atoms with Gasteiger partial charge in [0.15, 0.2) is 0 Å². The van der Waals surface area contributed by atoms with Crippen molar-refractivity contribution in [1.29, 1.82) is 0 Å². The van der Waals surface area contributed by atoms with Gasteiger partial charge in [-0.1, -0.05) is 12.1 Å². The number of pyridine rings is 1. The average Bonchev–Trinajstić information content (AvgIpc) is 3.15. The molecule has 0 saturated heterocycles. The van der Waals surface area contributed by atoms with Crippen LogP contribution in [0.1, 0.15) is 5.56 Å². The predicted molar refractivity (Wildman–Crippen MR) is 104 cm³/mol. The molecular weight excluding hydrogens is 360 g/mol. The van der Waals surface area contributed by atoms with Gasteiger partial charge in [0.2, 0.25) is 0 Å². The van der Waals surface area contributed by atoms with Gasteiger partial charge >= 0.3 is 11.9 Å². The van der Waals surface area contributed by atoms with Crippen molar-refractivity contribution in [2.45, 2.75) is 6.54 Å². The molecule has 2 heterocycles. The molecule has 2 aromatic heterocycles. The SMILES string of the molecule is COC(=O)C(=Cc1ccc(OCCn2ccc3cnccc32)cc1)C(=O)OC. The molecule has 0 spiro atoms. The molecule has 0 N–H and O–H groups in total. The van der Waals surface area contributed by atoms with Gasteiger partial charge in [-0.05, 0) is 35.9 Å². The Morgan fingerprint density at radius 1 is 1.04 bits per heavy atom. The zero-order chi connectivity index (χ0) is 19.9. The maximum atomic E-state index is 11.7. The lowest BCUT2D eigenvalue weighted by Gasteiger charge is -2.09. The van der Waals surface area contributed by atoms with E-state index < -0.39 is 11.9 Å². The molecule has 0 aliphatic carbocycles. The van der Waals surface area contributed by atoms with Gasteiger partial charge < -0.3 is 18.8 Å². The molecule has 0 unspecified atom stereocenters. The van der Waals surface area contributed by atoms with E-state index in [1.807, 2.05) is 24.5 Å². The van der Waals surface area contributed by atoms with E-state index in [0.29, 0.717) is 24.5 Å². The Morgan fingerprint density at radius 3 is 2.43 bits per heavy atom. The standard InChI is InChI=1S/C21H20N2O5/c1-26-20(24)18(21(25)27-2)13-15-3-5-17(6-4-15)28-12-11-23-10-8-16-14-22-9-7-19(16)23/h3-10,13-14H,11-12H2,1-2H3. The van der Waals surface area contributed by atoms with Gasteiger partial charge in [0.05, 0.1) is 26.3 Å². The van der Waals surface area contributed by atoms with E-state index in [1.165, 1.54) is 20.3 Å². The molecular formula is C21H20N2O5. The molecule has 144 valence electrons. The summed E-state index contributed by atoms with van der Waals surface area (Å²) in [5.41, 5.74) is 1.59. The van der Waals surface area contributed by atoms with E-state index >= 15 is 0 Å². The average molecular weight is 380 g/mol. The number of aromatic nitrogens is 2. The number of nitrogens with zero attached hydrogens (tertiary/aromatic N) is 2. The zero-order valence-corrected chi connectivity index (χ0v) is 15.6. The minimum atomic E-state index is -0.749. The number of benzene rings is 1. The summed E-state index contributed by atoms with van der Waals surface area (Å²) in [6.07, 6.45) is 7.02. The molecule has 0 atom stereocenters. The Bertz CT molecular complexity index is 987. The summed E-state index contributed by atoms with van der Waals surface area (Å²) < 4.78 is 17.1. The van der Waals surface area contributed by atoms with Gasteiger partial charge in [-0.25, -0.2) is 9.59 Å². The van der Waals surface area contributed by atoms with Crippen molar-refractivity contribution >= 4 is 28.9 Å². The maximum absolute atomic E-state index is 11.7. The van der Waals surface area contributed by atoms with Gasteiger partial charge in [-0.3, -0.25) is 4.98 Å². The van der Waals surface area contributed by atoms with Crippen LogP contribution in [0.3, 0.4) is 0 Å². The summed E-state index contributed by atoms with van der Waals surface area (Å²) in [5.74, 6) is -0.810. The predicted octanol–water partition coefficient (Wildman–Crippen LogP) is 2.84. The highest BCUT2D eigenvalue weighted by Crippen LogP contribution is 2.17. The summed E-state index contributed by atoms with van der Waals surface area (Å²) in [6.45, 7) is 1.20. The van der Waals surface area contributed by atoms with Gasteiger partial charge in [0.25, 0.3) is 0 Å². The third-order valence-corrected chi connectivity index (χ3v) is 4.17. The quantitative estimate of drug-likeness (QED) is 0.271. The summed E-state index contributed by atoms with van der Waals surface area (Å²) in [5, 5.41) is 1.09. The first kappa shape index (κ1) is 19.2. The van der Waals surface area contributed by atoms with Crippen LogP contribution in [0.4, 0.5) is 0 Å². The van der Waals surface area contributed by atoms with Crippen LogP contribution in [0.15, 0.2) is 60.6 Å². The molecule has 28 heavy (non-hydrogen) atoms. The number of hydrogen-bond acceptors (Lipinski definition) is 6. The van der Waals surface area contributed by atoms with Crippen molar-refractivity contribution < 1.29 is 23.8 Å². The fourth-order valence-corrected chi connectivity index (χ4v) is 2.74. The summed E-state index contributed by atoms with van der Waals surface area (Å²) in [6, 6.07) is 11.0. The molecule has 0 saturated carbocycles. The number of hydrogen-bond donors (Lipinski definition) is 0. The Kier molecular flexibility index (Phi) is 6.06. The maximum Gasteiger partial charge on any atom is 0.345 e. The molecule has 3 rings (SSSR count). The highest BCUT2D eigenvalue weighted by Gasteiger charge is 2.19. The smallest absolute Gasteiger partial charge is 0.345 e. The van der Waals surface area contributed by atoms with Gasteiger partial charge in [-0.15, -0.1) is 0 Å². The third-order valence-electron chi connectivity index (χ3n) is 4.17. The van der Waals surface area contributed by atoms with E-state index in [1.54, 1.807) is 30.5 Å². The van der Waals surface area contributed by atoms with Crippen molar-refractivity contribution in [3.63, 3.8) is 0 Å². The minimum Gasteiger partial charge on any atom is -0.492 e. The van der Waals surface area contributed by atoms with Crippen molar-refractivity contribution in [1.82, 2.24) is 9.55 Å². The van der Waals surface area contributed by atoms with Crippen LogP contribution in [-0.4, -0.2) is 42.3 Å². The summed E-state index contributed by atoms with van der Waals surface area (Å²) in [7, 11) is 2.42. The number of ether oxygens (including phenoxy) is 3. The zero-order valence-electron chi connectivity index (χ0n) is 15.6. The normalized spacial score (nSPS) is 10.4. The monoisotopic (exact) mass is 380 g/mol. The fourth-order valence-electron chi connectivity index (χ4n) is 2.74. The highest BCUT2D eigenvalue weighted by molar-refractivity contribution is 6.17. The molecule has 7 nitrogen and oxygen atoms in total. The second kappa shape index (κ2) is 8.85. The van der Waals surface area contributed by atoms with E-state index in [4.69, 9.17) is 4.74 Å². The number of methoxy groups -OCH3 is 2. The Morgan fingerprint density at radius 2 is 1.75 bits per heavy atom. The van der Waals surface area contributed by atoms with E-state index in [-0.39, 0.29) is 5.57 Å². The van der Waals surface area contributed by atoms with E-state index in [9.17, 15) is 9.59 Å². The number of fused-ring (bicyclic) bond motifs is 1. The fraction of sp³-hybridized carbons (Fsp3) is 0.190. The van der Waals surface area contributed by atoms with Crippen molar-refractivity contribution in [2.24, 2.45) is 0 Å². The van der Waals surface area contributed by atoms with Crippen LogP contribution in [0.25, 0.3) is 17.0 Å². The van der Waals surface area contributed by atoms with E-state index in [2.05, 4.69) is 19.0 Å². The lowest BCUT2D eigenvalue weighted by atomic mass is 10.1. The molecule has 7 heteroatoms. The molecule has 0 amide bonds. The molecule has 0 radical (unpaired) electrons. The lowest BCUT2D eigenvalue weighted by molar-refractivity contribution is -0.143. The topological polar surface area (TPSA) is 79.7 Å². The van der Waals surface area contributed by atoms with Crippen molar-refractivity contribution in [3.05, 3.63) is 66.1 Å². The van der Waals surface area contributed by atoms with Crippen molar-refractivity contribution in [3.8, 4) is 5.75 Å². The number of carbonyl (C=O) groups is 2. The van der Waals surface area contributed by atoms with Gasteiger partial charge in [0, 0.05) is 24.0 Å². The van der Waals surface area contributed by atoms with Crippen LogP contribution in [0, 0.1) is 0 Å². The number of rotatable bonds is 7. The second-order valence-electron chi connectivity index (χ2n) is 5.90. The van der Waals surface area contributed by atoms with Crippen LogP contribution < -0.4 is 4.74 Å². The first-order valence-corrected chi connectivity index (χ1v) is 8.62. The van der Waals surface area contributed by atoms with E-state index in [0.717, 1.165) is 10.9 Å². The first-order chi connectivity index (χ1) is 13.6. The van der Waals surface area contributed by atoms with Crippen LogP contribution >= 0.6 is 0 Å². The highest BCUT2D eigenvalue weighted by atomic mass is 16.5. The van der Waals surface area contributed by atoms with Gasteiger partial charge in [0.1, 0.15) is 17.9 Å². The molecule has 1 aromatic carbocycles. The molecule has 0 bridgehead atoms. The summed E-state index contributed by atoms with van der Waals surface area (Å²) >= 11 is 0.